The highest BCUT2D eigenvalue weighted by atomic mass is 32.2. The fourth-order valence-electron chi connectivity index (χ4n) is 2.14. The number of hydrogen-bond donors (Lipinski definition) is 1. The third kappa shape index (κ3) is 2.53. The number of nitrogens with zero attached hydrogens (tertiary/aromatic N) is 3. The molecule has 1 aromatic rings. The zero-order valence-electron chi connectivity index (χ0n) is 9.46. The molecule has 0 bridgehead atoms. The first kappa shape index (κ1) is 11.8. The lowest BCUT2D eigenvalue weighted by Crippen LogP contribution is -2.32. The number of aliphatic hydroxyl groups is 1. The van der Waals surface area contributed by atoms with E-state index in [2.05, 4.69) is 14.9 Å². The van der Waals surface area contributed by atoms with E-state index in [1.807, 2.05) is 6.26 Å². The Morgan fingerprint density at radius 2 is 2.31 bits per heavy atom. The second-order valence-corrected chi connectivity index (χ2v) is 4.76. The van der Waals surface area contributed by atoms with Crippen LogP contribution < -0.4 is 0 Å². The maximum absolute atomic E-state index is 9.26. The van der Waals surface area contributed by atoms with Crippen LogP contribution in [0.25, 0.3) is 0 Å². The van der Waals surface area contributed by atoms with Crippen LogP contribution in [0.3, 0.4) is 0 Å². The Labute approximate surface area is 100 Å². The van der Waals surface area contributed by atoms with Crippen molar-refractivity contribution < 1.29 is 5.11 Å². The van der Waals surface area contributed by atoms with Gasteiger partial charge in [0.15, 0.2) is 0 Å². The van der Waals surface area contributed by atoms with Crippen LogP contribution in [0.5, 0.6) is 0 Å². The highest BCUT2D eigenvalue weighted by Crippen LogP contribution is 2.22. The lowest BCUT2D eigenvalue weighted by molar-refractivity contribution is 0.151. The molecule has 1 aromatic heterocycles. The van der Waals surface area contributed by atoms with Crippen LogP contribution in [-0.4, -0.2) is 45.4 Å². The van der Waals surface area contributed by atoms with Crippen molar-refractivity contribution in [1.82, 2.24) is 14.9 Å². The second kappa shape index (κ2) is 5.61. The summed E-state index contributed by atoms with van der Waals surface area (Å²) in [7, 11) is 0. The molecule has 0 aromatic carbocycles. The first-order valence-electron chi connectivity index (χ1n) is 5.54. The molecule has 88 valence electrons. The van der Waals surface area contributed by atoms with Gasteiger partial charge in [0.25, 0.3) is 0 Å². The molecule has 0 aliphatic carbocycles. The fourth-order valence-corrected chi connectivity index (χ4v) is 2.65. The van der Waals surface area contributed by atoms with Gasteiger partial charge in [0, 0.05) is 25.0 Å². The minimum absolute atomic E-state index is 0.245. The molecular formula is C11H17N3OS. The van der Waals surface area contributed by atoms with Crippen molar-refractivity contribution in [1.29, 1.82) is 0 Å². The third-order valence-corrected chi connectivity index (χ3v) is 3.72. The maximum atomic E-state index is 9.26. The SMILES string of the molecule is CSc1nccnc1CN1CCCC1CO. The largest absolute Gasteiger partial charge is 0.395 e. The van der Waals surface area contributed by atoms with Crippen LogP contribution in [0.4, 0.5) is 0 Å². The van der Waals surface area contributed by atoms with Crippen molar-refractivity contribution in [2.24, 2.45) is 0 Å². The van der Waals surface area contributed by atoms with E-state index in [0.717, 1.165) is 30.2 Å². The van der Waals surface area contributed by atoms with Gasteiger partial charge in [-0.25, -0.2) is 4.98 Å². The molecular weight excluding hydrogens is 222 g/mol. The Hall–Kier alpha value is -0.650. The van der Waals surface area contributed by atoms with Crippen molar-refractivity contribution >= 4 is 11.8 Å². The van der Waals surface area contributed by atoms with Crippen molar-refractivity contribution in [3.8, 4) is 0 Å². The van der Waals surface area contributed by atoms with Crippen LogP contribution in [0, 0.1) is 0 Å². The molecule has 0 spiro atoms. The summed E-state index contributed by atoms with van der Waals surface area (Å²) >= 11 is 1.62. The van der Waals surface area contributed by atoms with Crippen molar-refractivity contribution in [3.63, 3.8) is 0 Å². The third-order valence-electron chi connectivity index (χ3n) is 2.99. The van der Waals surface area contributed by atoms with E-state index in [1.165, 1.54) is 6.42 Å². The zero-order valence-corrected chi connectivity index (χ0v) is 10.3. The van der Waals surface area contributed by atoms with E-state index >= 15 is 0 Å². The lowest BCUT2D eigenvalue weighted by Gasteiger charge is -2.22. The molecule has 2 heterocycles. The minimum atomic E-state index is 0.245. The van der Waals surface area contributed by atoms with Crippen LogP contribution in [0.2, 0.25) is 0 Å². The molecule has 1 saturated heterocycles. The first-order valence-corrected chi connectivity index (χ1v) is 6.76. The quantitative estimate of drug-likeness (QED) is 0.799. The molecule has 2 rings (SSSR count). The molecule has 1 aliphatic heterocycles. The van der Waals surface area contributed by atoms with E-state index in [9.17, 15) is 5.11 Å². The molecule has 1 fully saturated rings. The van der Waals surface area contributed by atoms with Gasteiger partial charge in [0.2, 0.25) is 0 Å². The number of aliphatic hydroxyl groups excluding tert-OH is 1. The summed E-state index contributed by atoms with van der Waals surface area (Å²) in [5.41, 5.74) is 1.02. The highest BCUT2D eigenvalue weighted by molar-refractivity contribution is 7.98. The average molecular weight is 239 g/mol. The fraction of sp³-hybridized carbons (Fsp3) is 0.636. The Morgan fingerprint density at radius 3 is 3.06 bits per heavy atom. The van der Waals surface area contributed by atoms with E-state index in [0.29, 0.717) is 6.04 Å². The number of thioether (sulfide) groups is 1. The average Bonchev–Trinajstić information content (AvgIpc) is 2.77. The number of hydrogen-bond acceptors (Lipinski definition) is 5. The second-order valence-electron chi connectivity index (χ2n) is 3.96. The topological polar surface area (TPSA) is 49.2 Å². The standard InChI is InChI=1S/C11H17N3OS/c1-16-11-10(12-4-5-13-11)7-14-6-2-3-9(14)8-15/h4-5,9,15H,2-3,6-8H2,1H3. The molecule has 0 radical (unpaired) electrons. The normalized spacial score (nSPS) is 21.5. The van der Waals surface area contributed by atoms with Gasteiger partial charge in [0.1, 0.15) is 5.03 Å². The summed E-state index contributed by atoms with van der Waals surface area (Å²) in [6.07, 6.45) is 7.73. The van der Waals surface area contributed by atoms with Gasteiger partial charge in [-0.2, -0.15) is 0 Å². The predicted octanol–water partition coefficient (Wildman–Crippen LogP) is 1.16. The van der Waals surface area contributed by atoms with Gasteiger partial charge < -0.3 is 5.11 Å². The summed E-state index contributed by atoms with van der Waals surface area (Å²) in [6.45, 7) is 2.10. The zero-order chi connectivity index (χ0) is 11.4. The van der Waals surface area contributed by atoms with Crippen molar-refractivity contribution in [2.75, 3.05) is 19.4 Å². The predicted molar refractivity (Wildman–Crippen MR) is 64.3 cm³/mol. The van der Waals surface area contributed by atoms with Crippen molar-refractivity contribution in [2.45, 2.75) is 30.5 Å². The summed E-state index contributed by atoms with van der Waals surface area (Å²) < 4.78 is 0. The van der Waals surface area contributed by atoms with Gasteiger partial charge in [-0.15, -0.1) is 11.8 Å². The Balaban J connectivity index is 2.08. The Bertz CT molecular complexity index is 348. The molecule has 0 saturated carbocycles. The van der Waals surface area contributed by atoms with Gasteiger partial charge in [-0.05, 0) is 25.6 Å². The van der Waals surface area contributed by atoms with Gasteiger partial charge in [0.05, 0.1) is 12.3 Å². The molecule has 1 unspecified atom stereocenters. The van der Waals surface area contributed by atoms with Gasteiger partial charge in [-0.1, -0.05) is 0 Å². The molecule has 4 nitrogen and oxygen atoms in total. The minimum Gasteiger partial charge on any atom is -0.395 e. The van der Waals surface area contributed by atoms with Crippen LogP contribution in [-0.2, 0) is 6.54 Å². The summed E-state index contributed by atoms with van der Waals surface area (Å²) in [5.74, 6) is 0. The Morgan fingerprint density at radius 1 is 1.50 bits per heavy atom. The highest BCUT2D eigenvalue weighted by Gasteiger charge is 2.24. The molecule has 1 N–H and O–H groups in total. The first-order chi connectivity index (χ1) is 7.85. The van der Waals surface area contributed by atoms with Crippen LogP contribution in [0.15, 0.2) is 17.4 Å². The maximum Gasteiger partial charge on any atom is 0.119 e. The molecule has 5 heteroatoms. The molecule has 1 aliphatic rings. The summed E-state index contributed by atoms with van der Waals surface area (Å²) in [5, 5.41) is 10.2. The number of aromatic nitrogens is 2. The molecule has 16 heavy (non-hydrogen) atoms. The molecule has 1 atom stereocenters. The summed E-state index contributed by atoms with van der Waals surface area (Å²) in [6, 6.07) is 0.303. The van der Waals surface area contributed by atoms with Gasteiger partial charge >= 0.3 is 0 Å². The van der Waals surface area contributed by atoms with E-state index in [-0.39, 0.29) is 6.61 Å². The van der Waals surface area contributed by atoms with Crippen molar-refractivity contribution in [3.05, 3.63) is 18.1 Å². The van der Waals surface area contributed by atoms with E-state index < -0.39 is 0 Å². The number of likely N-dealkylation sites (tertiary alicyclic amines) is 1. The van der Waals surface area contributed by atoms with Gasteiger partial charge in [-0.3, -0.25) is 9.88 Å². The smallest absolute Gasteiger partial charge is 0.119 e. The van der Waals surface area contributed by atoms with Crippen LogP contribution >= 0.6 is 11.8 Å². The van der Waals surface area contributed by atoms with E-state index in [4.69, 9.17) is 0 Å². The molecule has 0 amide bonds. The lowest BCUT2D eigenvalue weighted by atomic mass is 10.2. The number of rotatable bonds is 4. The Kier molecular flexibility index (Phi) is 4.15. The monoisotopic (exact) mass is 239 g/mol. The van der Waals surface area contributed by atoms with Crippen LogP contribution in [0.1, 0.15) is 18.5 Å². The van der Waals surface area contributed by atoms with E-state index in [1.54, 1.807) is 24.2 Å². The summed E-state index contributed by atoms with van der Waals surface area (Å²) in [4.78, 5) is 11.0.